The van der Waals surface area contributed by atoms with Gasteiger partial charge in [-0.1, -0.05) is 11.6 Å². The number of hydrogen-bond donors (Lipinski definition) is 2. The van der Waals surface area contributed by atoms with Gasteiger partial charge < -0.3 is 4.90 Å². The fourth-order valence-electron chi connectivity index (χ4n) is 1.76. The molecule has 0 saturated carbocycles. The Balaban J connectivity index is 2.24. The summed E-state index contributed by atoms with van der Waals surface area (Å²) in [5, 5.41) is 0.580. The van der Waals surface area contributed by atoms with Gasteiger partial charge in [0.1, 0.15) is 5.02 Å². The van der Waals surface area contributed by atoms with Crippen LogP contribution in [0.1, 0.15) is 19.3 Å². The third-order valence-electron chi connectivity index (χ3n) is 2.51. The molecule has 1 aromatic heterocycles. The molecule has 3 N–H and O–H groups in total. The number of halogens is 1. The normalized spacial score (nSPS) is 16.5. The Labute approximate surface area is 93.6 Å². The lowest BCUT2D eigenvalue weighted by Gasteiger charge is -2.28. The first-order chi connectivity index (χ1) is 7.31. The van der Waals surface area contributed by atoms with Crippen molar-refractivity contribution >= 4 is 23.4 Å². The molecule has 0 spiro atoms. The number of nitrogens with zero attached hydrogens (tertiary/aromatic N) is 3. The van der Waals surface area contributed by atoms with Crippen LogP contribution in [-0.2, 0) is 0 Å². The molecule has 0 unspecified atom stereocenters. The van der Waals surface area contributed by atoms with Crippen LogP contribution < -0.4 is 16.2 Å². The van der Waals surface area contributed by atoms with Crippen molar-refractivity contribution in [1.29, 1.82) is 0 Å². The molecule has 15 heavy (non-hydrogen) atoms. The average Bonchev–Trinajstić information content (AvgIpc) is 2.31. The number of piperidine rings is 1. The molecule has 82 valence electrons. The Morgan fingerprint density at radius 3 is 2.73 bits per heavy atom. The SMILES string of the molecule is NNc1ncc(Cl)c(N2CCCCC2)n1. The molecule has 2 heterocycles. The smallest absolute Gasteiger partial charge is 0.239 e. The highest BCUT2D eigenvalue weighted by Crippen LogP contribution is 2.26. The number of hydrazine groups is 1. The molecule has 1 aliphatic rings. The highest BCUT2D eigenvalue weighted by Gasteiger charge is 2.16. The second kappa shape index (κ2) is 4.63. The van der Waals surface area contributed by atoms with Gasteiger partial charge in [0, 0.05) is 13.1 Å². The molecule has 0 radical (unpaired) electrons. The Morgan fingerprint density at radius 1 is 1.33 bits per heavy atom. The minimum atomic E-state index is 0.403. The van der Waals surface area contributed by atoms with Gasteiger partial charge in [-0.2, -0.15) is 4.98 Å². The average molecular weight is 228 g/mol. The van der Waals surface area contributed by atoms with Crippen molar-refractivity contribution in [2.75, 3.05) is 23.4 Å². The minimum Gasteiger partial charge on any atom is -0.355 e. The van der Waals surface area contributed by atoms with Gasteiger partial charge in [0.15, 0.2) is 5.82 Å². The lowest BCUT2D eigenvalue weighted by molar-refractivity contribution is 0.573. The molecule has 6 heteroatoms. The van der Waals surface area contributed by atoms with E-state index in [1.807, 2.05) is 0 Å². The van der Waals surface area contributed by atoms with Gasteiger partial charge in [-0.3, -0.25) is 5.43 Å². The van der Waals surface area contributed by atoms with E-state index >= 15 is 0 Å². The maximum absolute atomic E-state index is 6.05. The number of hydrogen-bond acceptors (Lipinski definition) is 5. The highest BCUT2D eigenvalue weighted by molar-refractivity contribution is 6.32. The molecule has 1 saturated heterocycles. The summed E-state index contributed by atoms with van der Waals surface area (Å²) >= 11 is 6.05. The number of rotatable bonds is 2. The van der Waals surface area contributed by atoms with Crippen LogP contribution in [0.3, 0.4) is 0 Å². The number of aromatic nitrogens is 2. The molecule has 0 aliphatic carbocycles. The molecule has 0 amide bonds. The number of nitrogens with one attached hydrogen (secondary N) is 1. The van der Waals surface area contributed by atoms with Crippen molar-refractivity contribution in [3.63, 3.8) is 0 Å². The van der Waals surface area contributed by atoms with E-state index in [0.717, 1.165) is 18.9 Å². The van der Waals surface area contributed by atoms with Gasteiger partial charge in [-0.05, 0) is 19.3 Å². The molecular weight excluding hydrogens is 214 g/mol. The van der Waals surface area contributed by atoms with Crippen molar-refractivity contribution in [3.05, 3.63) is 11.2 Å². The first-order valence-corrected chi connectivity index (χ1v) is 5.43. The summed E-state index contributed by atoms with van der Waals surface area (Å²) in [4.78, 5) is 10.4. The maximum Gasteiger partial charge on any atom is 0.239 e. The zero-order valence-electron chi connectivity index (χ0n) is 8.41. The molecule has 0 bridgehead atoms. The van der Waals surface area contributed by atoms with Crippen LogP contribution in [0, 0.1) is 0 Å². The minimum absolute atomic E-state index is 0.403. The second-order valence-electron chi connectivity index (χ2n) is 3.56. The van der Waals surface area contributed by atoms with E-state index in [1.54, 1.807) is 6.20 Å². The Kier molecular flexibility index (Phi) is 3.23. The number of anilines is 2. The fourth-order valence-corrected chi connectivity index (χ4v) is 1.97. The Hall–Kier alpha value is -1.07. The molecule has 2 rings (SSSR count). The van der Waals surface area contributed by atoms with E-state index in [4.69, 9.17) is 17.4 Å². The van der Waals surface area contributed by atoms with E-state index in [2.05, 4.69) is 20.3 Å². The van der Waals surface area contributed by atoms with E-state index in [9.17, 15) is 0 Å². The summed E-state index contributed by atoms with van der Waals surface area (Å²) < 4.78 is 0. The first-order valence-electron chi connectivity index (χ1n) is 5.05. The monoisotopic (exact) mass is 227 g/mol. The van der Waals surface area contributed by atoms with Crippen LogP contribution in [0.25, 0.3) is 0 Å². The Morgan fingerprint density at radius 2 is 2.07 bits per heavy atom. The number of nitrogen functional groups attached to an aromatic ring is 1. The zero-order chi connectivity index (χ0) is 10.7. The molecule has 0 atom stereocenters. The predicted molar refractivity (Wildman–Crippen MR) is 60.9 cm³/mol. The van der Waals surface area contributed by atoms with E-state index in [0.29, 0.717) is 11.0 Å². The molecular formula is C9H14ClN5. The van der Waals surface area contributed by atoms with E-state index in [-0.39, 0.29) is 0 Å². The van der Waals surface area contributed by atoms with Gasteiger partial charge in [-0.15, -0.1) is 0 Å². The lowest BCUT2D eigenvalue weighted by atomic mass is 10.1. The van der Waals surface area contributed by atoms with Crippen LogP contribution in [0.15, 0.2) is 6.20 Å². The van der Waals surface area contributed by atoms with Gasteiger partial charge in [0.25, 0.3) is 0 Å². The topological polar surface area (TPSA) is 67.1 Å². The predicted octanol–water partition coefficient (Wildman–Crippen LogP) is 1.41. The summed E-state index contributed by atoms with van der Waals surface area (Å²) in [6.45, 7) is 2.00. The molecule has 1 fully saturated rings. The molecule has 1 aliphatic heterocycles. The lowest BCUT2D eigenvalue weighted by Crippen LogP contribution is -2.30. The van der Waals surface area contributed by atoms with Crippen molar-refractivity contribution < 1.29 is 0 Å². The first kappa shape index (κ1) is 10.4. The van der Waals surface area contributed by atoms with Gasteiger partial charge >= 0.3 is 0 Å². The third kappa shape index (κ3) is 2.30. The summed E-state index contributed by atoms with van der Waals surface area (Å²) in [5.41, 5.74) is 2.43. The Bertz CT molecular complexity index is 337. The van der Waals surface area contributed by atoms with Gasteiger partial charge in [0.2, 0.25) is 5.95 Å². The van der Waals surface area contributed by atoms with Crippen LogP contribution in [0.4, 0.5) is 11.8 Å². The fraction of sp³-hybridized carbons (Fsp3) is 0.556. The second-order valence-corrected chi connectivity index (χ2v) is 3.96. The summed E-state index contributed by atoms with van der Waals surface area (Å²) in [6.07, 6.45) is 5.23. The largest absolute Gasteiger partial charge is 0.355 e. The van der Waals surface area contributed by atoms with Crippen LogP contribution in [0.2, 0.25) is 5.02 Å². The third-order valence-corrected chi connectivity index (χ3v) is 2.78. The van der Waals surface area contributed by atoms with Crippen molar-refractivity contribution in [3.8, 4) is 0 Å². The van der Waals surface area contributed by atoms with Crippen molar-refractivity contribution in [2.24, 2.45) is 5.84 Å². The maximum atomic E-state index is 6.05. The summed E-state index contributed by atoms with van der Waals surface area (Å²) in [7, 11) is 0. The van der Waals surface area contributed by atoms with Crippen molar-refractivity contribution in [1.82, 2.24) is 9.97 Å². The van der Waals surface area contributed by atoms with Gasteiger partial charge in [-0.25, -0.2) is 10.8 Å². The molecule has 0 aromatic carbocycles. The quantitative estimate of drug-likeness (QED) is 0.591. The summed E-state index contributed by atoms with van der Waals surface area (Å²) in [6, 6.07) is 0. The van der Waals surface area contributed by atoms with Crippen LogP contribution in [-0.4, -0.2) is 23.1 Å². The molecule has 1 aromatic rings. The van der Waals surface area contributed by atoms with Crippen LogP contribution in [0.5, 0.6) is 0 Å². The van der Waals surface area contributed by atoms with Crippen molar-refractivity contribution in [2.45, 2.75) is 19.3 Å². The van der Waals surface area contributed by atoms with E-state index in [1.165, 1.54) is 19.3 Å². The number of nitrogens with two attached hydrogens (primary N) is 1. The zero-order valence-corrected chi connectivity index (χ0v) is 9.17. The standard InChI is InChI=1S/C9H14ClN5/c10-7-6-12-9(14-11)13-8(7)15-4-2-1-3-5-15/h6H,1-5,11H2,(H,12,13,14). The van der Waals surface area contributed by atoms with Crippen LogP contribution >= 0.6 is 11.6 Å². The highest BCUT2D eigenvalue weighted by atomic mass is 35.5. The summed E-state index contributed by atoms with van der Waals surface area (Å²) in [5.74, 6) is 6.44. The molecule has 5 nitrogen and oxygen atoms in total. The van der Waals surface area contributed by atoms with E-state index < -0.39 is 0 Å². The van der Waals surface area contributed by atoms with Gasteiger partial charge in [0.05, 0.1) is 6.20 Å².